The second-order valence-corrected chi connectivity index (χ2v) is 13.0. The number of rotatable bonds is 8. The van der Waals surface area contributed by atoms with Crippen LogP contribution in [0.5, 0.6) is 0 Å². The maximum Gasteiger partial charge on any atom is 1.00 e. The van der Waals surface area contributed by atoms with E-state index >= 15 is 0 Å². The Morgan fingerprint density at radius 3 is 0.762 bits per heavy atom. The third-order valence-electron chi connectivity index (χ3n) is 8.72. The van der Waals surface area contributed by atoms with Crippen molar-refractivity contribution in [3.63, 3.8) is 0 Å². The van der Waals surface area contributed by atoms with Crippen LogP contribution in [0, 0.1) is 0 Å². The molecule has 2 fully saturated rings. The van der Waals surface area contributed by atoms with Crippen LogP contribution in [-0.4, -0.2) is 49.6 Å². The fourth-order valence-corrected chi connectivity index (χ4v) is 5.51. The van der Waals surface area contributed by atoms with Crippen LogP contribution >= 0.6 is 0 Å². The van der Waals surface area contributed by atoms with Crippen LogP contribution in [0.15, 0.2) is 193 Å². The molecule has 2 radical (unpaired) electrons. The molecule has 4 aliphatic carbocycles. The summed E-state index contributed by atoms with van der Waals surface area (Å²) in [6, 6.07) is 15.1. The molecule has 2 aromatic rings. The maximum absolute atomic E-state index is 11.7. The van der Waals surface area contributed by atoms with Crippen LogP contribution < -0.4 is 50.8 Å². The summed E-state index contributed by atoms with van der Waals surface area (Å²) in [6.07, 6.45) is 39.0. The van der Waals surface area contributed by atoms with E-state index in [-0.39, 0.29) is 86.2 Å². The van der Waals surface area contributed by atoms with Crippen LogP contribution in [0.1, 0.15) is 25.7 Å². The first kappa shape index (κ1) is 56.8. The van der Waals surface area contributed by atoms with Gasteiger partial charge in [0.05, 0.1) is 22.7 Å². The normalized spacial score (nSPS) is 18.6. The minimum atomic E-state index is -0.0396. The zero-order valence-corrected chi connectivity index (χ0v) is 40.5. The molecule has 0 atom stereocenters. The molecule has 0 bridgehead atoms. The van der Waals surface area contributed by atoms with E-state index in [0.29, 0.717) is 22.3 Å². The summed E-state index contributed by atoms with van der Waals surface area (Å²) in [4.78, 5) is 47.0. The summed E-state index contributed by atoms with van der Waals surface area (Å²) in [6.45, 7) is 4.00. The molecule has 10 nitrogen and oxygen atoms in total. The van der Waals surface area contributed by atoms with Gasteiger partial charge in [0.15, 0.2) is 23.1 Å². The molecular formula is C48H48Co2N4NaO6S2-. The van der Waals surface area contributed by atoms with Gasteiger partial charge in [-0.2, -0.15) is 0 Å². The number of hydrogen-bond donors (Lipinski definition) is 4. The number of allylic oxidation sites excluding steroid dienone is 20. The average molecular weight is 982 g/mol. The molecule has 4 N–H and O–H groups in total. The first-order chi connectivity index (χ1) is 29.5. The van der Waals surface area contributed by atoms with Crippen molar-refractivity contribution in [3.05, 3.63) is 193 Å². The Bertz CT molecular complexity index is 1890. The molecule has 0 spiro atoms. The van der Waals surface area contributed by atoms with E-state index in [0.717, 1.165) is 49.2 Å². The monoisotopic (exact) mass is 981 g/mol. The van der Waals surface area contributed by atoms with Crippen LogP contribution in [0.2, 0.25) is 0 Å². The molecule has 63 heavy (non-hydrogen) atoms. The Balaban J connectivity index is 0.000000479. The molecule has 328 valence electrons. The molecule has 15 heteroatoms. The predicted octanol–water partition coefficient (Wildman–Crippen LogP) is 5.92. The van der Waals surface area contributed by atoms with Gasteiger partial charge in [-0.3, -0.25) is 19.2 Å². The summed E-state index contributed by atoms with van der Waals surface area (Å²) < 4.78 is 9.89. The quantitative estimate of drug-likeness (QED) is 0.108. The van der Waals surface area contributed by atoms with Crippen molar-refractivity contribution in [3.8, 4) is 0 Å². The number of ether oxygens (including phenoxy) is 2. The first-order valence-electron chi connectivity index (χ1n) is 19.4. The van der Waals surface area contributed by atoms with Crippen molar-refractivity contribution < 1.29 is 91.8 Å². The Hall–Kier alpha value is -4.17. The standard InChI is InChI=1S/2C20H16N2O2.2C4H8O.2Co.Na.S2/c2*23-19-11-5-1-7-15(19)13-21-17-9-3-4-10-18(17)22-14-16-8-2-6-12-20(16)24;2*1-2-4-5-3-1;;;;1-2/h2*1-14,21-22H;2*1-4H2;;;;/q;;;;;;+1;-2. The van der Waals surface area contributed by atoms with E-state index in [1.165, 1.54) is 50.0 Å². The molecule has 0 aromatic heterocycles. The molecule has 6 aliphatic rings. The van der Waals surface area contributed by atoms with Gasteiger partial charge < -0.3 is 54.1 Å². The number of carbonyl (C=O) groups excluding carboxylic acids is 4. The molecule has 2 aliphatic heterocycles. The topological polar surface area (TPSA) is 135 Å². The Morgan fingerprint density at radius 1 is 0.381 bits per heavy atom. The summed E-state index contributed by atoms with van der Waals surface area (Å²) in [5.41, 5.74) is 5.56. The van der Waals surface area contributed by atoms with E-state index in [2.05, 4.69) is 44.6 Å². The number of anilines is 4. The second kappa shape index (κ2) is 34.3. The van der Waals surface area contributed by atoms with Crippen molar-refractivity contribution in [2.75, 3.05) is 47.7 Å². The largest absolute Gasteiger partial charge is 1.00 e. The van der Waals surface area contributed by atoms with Crippen molar-refractivity contribution in [1.29, 1.82) is 0 Å². The van der Waals surface area contributed by atoms with Gasteiger partial charge in [-0.15, -0.1) is 0 Å². The molecule has 8 rings (SSSR count). The van der Waals surface area contributed by atoms with Gasteiger partial charge >= 0.3 is 29.6 Å². The van der Waals surface area contributed by atoms with Crippen LogP contribution in [0.3, 0.4) is 0 Å². The summed E-state index contributed by atoms with van der Waals surface area (Å²) in [5.74, 6) is -0.158. The smallest absolute Gasteiger partial charge is 1.00 e. The van der Waals surface area contributed by atoms with Crippen LogP contribution in [0.25, 0.3) is 0 Å². The number of carbonyl (C=O) groups is 4. The Morgan fingerprint density at radius 2 is 0.587 bits per heavy atom. The van der Waals surface area contributed by atoms with Gasteiger partial charge in [0.25, 0.3) is 0 Å². The van der Waals surface area contributed by atoms with Gasteiger partial charge in [0.1, 0.15) is 0 Å². The maximum atomic E-state index is 11.7. The molecule has 0 unspecified atom stereocenters. The Kier molecular flexibility index (Phi) is 30.9. The fourth-order valence-electron chi connectivity index (χ4n) is 5.51. The summed E-state index contributed by atoms with van der Waals surface area (Å²) in [7, 11) is 0. The third kappa shape index (κ3) is 21.4. The van der Waals surface area contributed by atoms with Gasteiger partial charge in [0, 0.05) is 107 Å². The molecule has 0 saturated carbocycles. The molecule has 2 heterocycles. The fraction of sp³-hybridized carbons (Fsp3) is 0.167. The minimum Gasteiger partial charge on any atom is -1.00 e. The molecule has 0 amide bonds. The number of benzene rings is 2. The number of hydrogen-bond acceptors (Lipinski definition) is 12. The van der Waals surface area contributed by atoms with Gasteiger partial charge in [-0.25, -0.2) is 0 Å². The zero-order valence-electron chi connectivity index (χ0n) is 34.8. The van der Waals surface area contributed by atoms with Crippen LogP contribution in [-0.2, 0) is 85.5 Å². The Labute approximate surface area is 423 Å². The minimum absolute atomic E-state index is 0. The molecule has 2 aromatic carbocycles. The van der Waals surface area contributed by atoms with Gasteiger partial charge in [-0.1, -0.05) is 72.9 Å². The van der Waals surface area contributed by atoms with Crippen molar-refractivity contribution in [2.45, 2.75) is 25.7 Å². The zero-order chi connectivity index (χ0) is 42.6. The van der Waals surface area contributed by atoms with E-state index in [9.17, 15) is 19.2 Å². The van der Waals surface area contributed by atoms with Gasteiger partial charge in [0.2, 0.25) is 0 Å². The van der Waals surface area contributed by atoms with E-state index < -0.39 is 0 Å². The van der Waals surface area contributed by atoms with Crippen LogP contribution in [0.4, 0.5) is 22.7 Å². The second-order valence-electron chi connectivity index (χ2n) is 13.0. The summed E-state index contributed by atoms with van der Waals surface area (Å²) in [5, 5.41) is 12.5. The SMILES string of the molecule is C1CCOC1.C1CCOC1.O=C1C=CC=CC1=CNc1ccccc1NC=C1C=CC=CC1=O.O=C1C=CC=CC1=CNc1ccccc1NC=C1C=CC=CC1=O.[Co].[Co].[Na+].[S-][S-]. The predicted molar refractivity (Wildman–Crippen MR) is 248 cm³/mol. The summed E-state index contributed by atoms with van der Waals surface area (Å²) >= 11 is 7.33. The van der Waals surface area contributed by atoms with E-state index in [1.54, 1.807) is 73.4 Å². The van der Waals surface area contributed by atoms with Crippen molar-refractivity contribution >= 4 is 69.2 Å². The number of nitrogens with one attached hydrogen (secondary N) is 4. The van der Waals surface area contributed by atoms with Crippen molar-refractivity contribution in [2.24, 2.45) is 0 Å². The molecular weight excluding hydrogens is 934 g/mol. The number of ketones is 4. The van der Waals surface area contributed by atoms with Gasteiger partial charge in [-0.05, 0) is 98.6 Å². The van der Waals surface area contributed by atoms with E-state index in [1.807, 2.05) is 72.8 Å². The molecule has 2 saturated heterocycles. The van der Waals surface area contributed by atoms with E-state index in [4.69, 9.17) is 9.47 Å². The third-order valence-corrected chi connectivity index (χ3v) is 8.72. The average Bonchev–Trinajstić information content (AvgIpc) is 4.09. The first-order valence-corrected chi connectivity index (χ1v) is 20.7. The van der Waals surface area contributed by atoms with Crippen molar-refractivity contribution in [1.82, 2.24) is 0 Å². The number of para-hydroxylation sites is 4.